The molecule has 0 bridgehead atoms. The fourth-order valence-corrected chi connectivity index (χ4v) is 1.30. The van der Waals surface area contributed by atoms with E-state index in [0.29, 0.717) is 18.7 Å². The predicted molar refractivity (Wildman–Crippen MR) is 56.3 cm³/mol. The van der Waals surface area contributed by atoms with E-state index in [4.69, 9.17) is 5.73 Å². The number of nitrogens with one attached hydrogen (secondary N) is 1. The average molecular weight is 214 g/mol. The predicted octanol–water partition coefficient (Wildman–Crippen LogP) is 1.79. The molecule has 4 heteroatoms. The maximum atomic E-state index is 13.2. The van der Waals surface area contributed by atoms with Crippen molar-refractivity contribution in [3.8, 4) is 0 Å². The van der Waals surface area contributed by atoms with Gasteiger partial charge < -0.3 is 11.1 Å². The number of halogens is 2. The average Bonchev–Trinajstić information content (AvgIpc) is 2.17. The van der Waals surface area contributed by atoms with Crippen molar-refractivity contribution in [3.05, 3.63) is 35.4 Å². The Morgan fingerprint density at radius 2 is 2.13 bits per heavy atom. The summed E-state index contributed by atoms with van der Waals surface area (Å²) in [6.07, 6.45) is 0.836. The van der Waals surface area contributed by atoms with E-state index in [0.717, 1.165) is 12.5 Å². The van der Waals surface area contributed by atoms with Gasteiger partial charge in [-0.1, -0.05) is 6.07 Å². The monoisotopic (exact) mass is 214 g/mol. The van der Waals surface area contributed by atoms with E-state index in [1.54, 1.807) is 0 Å². The molecule has 1 atom stereocenters. The second-order valence-corrected chi connectivity index (χ2v) is 3.60. The number of benzene rings is 1. The van der Waals surface area contributed by atoms with Crippen LogP contribution in [0.5, 0.6) is 0 Å². The van der Waals surface area contributed by atoms with Crippen LogP contribution < -0.4 is 11.1 Å². The van der Waals surface area contributed by atoms with Crippen molar-refractivity contribution < 1.29 is 8.78 Å². The number of rotatable bonds is 5. The lowest BCUT2D eigenvalue weighted by Gasteiger charge is -2.12. The zero-order valence-corrected chi connectivity index (χ0v) is 8.76. The van der Waals surface area contributed by atoms with Gasteiger partial charge in [-0.05, 0) is 26.0 Å². The fourth-order valence-electron chi connectivity index (χ4n) is 1.30. The largest absolute Gasteiger partial charge is 0.330 e. The first-order valence-corrected chi connectivity index (χ1v) is 5.01. The lowest BCUT2D eigenvalue weighted by molar-refractivity contribution is 0.502. The Labute approximate surface area is 88.5 Å². The van der Waals surface area contributed by atoms with Crippen LogP contribution in [0, 0.1) is 11.6 Å². The van der Waals surface area contributed by atoms with Gasteiger partial charge in [0.1, 0.15) is 11.6 Å². The summed E-state index contributed by atoms with van der Waals surface area (Å²) in [5.41, 5.74) is 5.86. The van der Waals surface area contributed by atoms with Gasteiger partial charge >= 0.3 is 0 Å². The van der Waals surface area contributed by atoms with E-state index in [1.807, 2.05) is 6.92 Å². The van der Waals surface area contributed by atoms with Crippen LogP contribution in [0.2, 0.25) is 0 Å². The molecule has 1 rings (SSSR count). The summed E-state index contributed by atoms with van der Waals surface area (Å²) >= 11 is 0. The molecule has 0 saturated carbocycles. The first-order valence-electron chi connectivity index (χ1n) is 5.01. The summed E-state index contributed by atoms with van der Waals surface area (Å²) in [5, 5.41) is 3.12. The van der Waals surface area contributed by atoms with Crippen LogP contribution >= 0.6 is 0 Å². The molecule has 0 saturated heterocycles. The Morgan fingerprint density at radius 1 is 1.40 bits per heavy atom. The number of hydrogen-bond acceptors (Lipinski definition) is 2. The van der Waals surface area contributed by atoms with Gasteiger partial charge in [0, 0.05) is 24.2 Å². The van der Waals surface area contributed by atoms with Gasteiger partial charge in [-0.25, -0.2) is 8.78 Å². The van der Waals surface area contributed by atoms with Crippen molar-refractivity contribution in [2.24, 2.45) is 5.73 Å². The third-order valence-corrected chi connectivity index (χ3v) is 2.26. The van der Waals surface area contributed by atoms with Crippen LogP contribution in [0.1, 0.15) is 18.9 Å². The van der Waals surface area contributed by atoms with Gasteiger partial charge in [-0.15, -0.1) is 0 Å². The Balaban J connectivity index is 2.50. The first-order chi connectivity index (χ1) is 7.13. The van der Waals surface area contributed by atoms with Crippen LogP contribution in [-0.4, -0.2) is 12.6 Å². The summed E-state index contributed by atoms with van der Waals surface area (Å²) < 4.78 is 25.8. The van der Waals surface area contributed by atoms with Crippen LogP contribution in [-0.2, 0) is 6.54 Å². The highest BCUT2D eigenvalue weighted by Crippen LogP contribution is 2.09. The SMILES string of the molecule is CC(CCN)NCc1ccc(F)cc1F. The number of nitrogens with two attached hydrogens (primary N) is 1. The van der Waals surface area contributed by atoms with Gasteiger partial charge in [0.2, 0.25) is 0 Å². The summed E-state index contributed by atoms with van der Waals surface area (Å²) in [5.74, 6) is -1.06. The van der Waals surface area contributed by atoms with E-state index < -0.39 is 11.6 Å². The van der Waals surface area contributed by atoms with Crippen molar-refractivity contribution in [2.45, 2.75) is 25.9 Å². The van der Waals surface area contributed by atoms with Gasteiger partial charge in [-0.3, -0.25) is 0 Å². The second kappa shape index (κ2) is 5.78. The van der Waals surface area contributed by atoms with E-state index in [1.165, 1.54) is 12.1 Å². The molecular weight excluding hydrogens is 198 g/mol. The van der Waals surface area contributed by atoms with Gasteiger partial charge in [0.05, 0.1) is 0 Å². The van der Waals surface area contributed by atoms with Crippen molar-refractivity contribution in [1.82, 2.24) is 5.32 Å². The zero-order chi connectivity index (χ0) is 11.3. The molecular formula is C11H16F2N2. The van der Waals surface area contributed by atoms with E-state index in [-0.39, 0.29) is 6.04 Å². The van der Waals surface area contributed by atoms with E-state index in [2.05, 4.69) is 5.32 Å². The quantitative estimate of drug-likeness (QED) is 0.784. The fraction of sp³-hybridized carbons (Fsp3) is 0.455. The molecule has 0 aromatic heterocycles. The molecule has 15 heavy (non-hydrogen) atoms. The highest BCUT2D eigenvalue weighted by molar-refractivity contribution is 5.18. The third-order valence-electron chi connectivity index (χ3n) is 2.26. The molecule has 0 amide bonds. The molecule has 1 aromatic rings. The summed E-state index contributed by atoms with van der Waals surface area (Å²) in [6.45, 7) is 2.97. The molecule has 0 fully saturated rings. The van der Waals surface area contributed by atoms with Crippen LogP contribution in [0.25, 0.3) is 0 Å². The summed E-state index contributed by atoms with van der Waals surface area (Å²) in [6, 6.07) is 3.84. The molecule has 84 valence electrons. The van der Waals surface area contributed by atoms with E-state index >= 15 is 0 Å². The minimum Gasteiger partial charge on any atom is -0.330 e. The molecule has 0 aliphatic heterocycles. The molecule has 0 spiro atoms. The molecule has 0 aliphatic rings. The van der Waals surface area contributed by atoms with Gasteiger partial charge in [0.25, 0.3) is 0 Å². The van der Waals surface area contributed by atoms with Crippen LogP contribution in [0.15, 0.2) is 18.2 Å². The van der Waals surface area contributed by atoms with Crippen molar-refractivity contribution in [1.29, 1.82) is 0 Å². The Bertz CT molecular complexity index is 315. The van der Waals surface area contributed by atoms with Gasteiger partial charge in [0.15, 0.2) is 0 Å². The van der Waals surface area contributed by atoms with Crippen LogP contribution in [0.4, 0.5) is 8.78 Å². The topological polar surface area (TPSA) is 38.0 Å². The Morgan fingerprint density at radius 3 is 2.73 bits per heavy atom. The normalized spacial score (nSPS) is 12.8. The maximum Gasteiger partial charge on any atom is 0.130 e. The number of hydrogen-bond donors (Lipinski definition) is 2. The molecule has 1 unspecified atom stereocenters. The zero-order valence-electron chi connectivity index (χ0n) is 8.76. The molecule has 2 nitrogen and oxygen atoms in total. The lowest BCUT2D eigenvalue weighted by atomic mass is 10.2. The van der Waals surface area contributed by atoms with Crippen LogP contribution in [0.3, 0.4) is 0 Å². The molecule has 0 heterocycles. The third kappa shape index (κ3) is 3.93. The highest BCUT2D eigenvalue weighted by Gasteiger charge is 2.05. The maximum absolute atomic E-state index is 13.2. The van der Waals surface area contributed by atoms with Crippen molar-refractivity contribution in [2.75, 3.05) is 6.54 Å². The molecule has 0 aliphatic carbocycles. The second-order valence-electron chi connectivity index (χ2n) is 3.60. The molecule has 3 N–H and O–H groups in total. The molecule has 0 radical (unpaired) electrons. The van der Waals surface area contributed by atoms with E-state index in [9.17, 15) is 8.78 Å². The standard InChI is InChI=1S/C11H16F2N2/c1-8(4-5-14)15-7-9-2-3-10(12)6-11(9)13/h2-3,6,8,15H,4-5,7,14H2,1H3. The van der Waals surface area contributed by atoms with Gasteiger partial charge in [-0.2, -0.15) is 0 Å². The molecule has 1 aromatic carbocycles. The van der Waals surface area contributed by atoms with Crippen molar-refractivity contribution in [3.63, 3.8) is 0 Å². The summed E-state index contributed by atoms with van der Waals surface area (Å²) in [7, 11) is 0. The smallest absolute Gasteiger partial charge is 0.130 e. The Kier molecular flexibility index (Phi) is 4.65. The highest BCUT2D eigenvalue weighted by atomic mass is 19.1. The van der Waals surface area contributed by atoms with Crippen molar-refractivity contribution >= 4 is 0 Å². The summed E-state index contributed by atoms with van der Waals surface area (Å²) in [4.78, 5) is 0. The minimum absolute atomic E-state index is 0.236. The minimum atomic E-state index is -0.550. The Hall–Kier alpha value is -1.00. The first kappa shape index (κ1) is 12.1. The lowest BCUT2D eigenvalue weighted by Crippen LogP contribution is -2.28.